The van der Waals surface area contributed by atoms with Crippen molar-refractivity contribution in [3.8, 4) is 0 Å². The van der Waals surface area contributed by atoms with Crippen molar-refractivity contribution in [2.45, 2.75) is 6.10 Å². The van der Waals surface area contributed by atoms with Gasteiger partial charge in [-0.3, -0.25) is 4.98 Å². The van der Waals surface area contributed by atoms with Crippen LogP contribution in [0.3, 0.4) is 0 Å². The van der Waals surface area contributed by atoms with E-state index < -0.39 is 6.10 Å². The number of nitrogens with zero attached hydrogens (tertiary/aromatic N) is 1. The normalized spacial score (nSPS) is 12.1. The molecule has 0 amide bonds. The van der Waals surface area contributed by atoms with Crippen LogP contribution in [0, 0.1) is 0 Å². The summed E-state index contributed by atoms with van der Waals surface area (Å²) in [5.74, 6) is 0. The third kappa shape index (κ3) is 2.95. The van der Waals surface area contributed by atoms with Crippen molar-refractivity contribution < 1.29 is 5.11 Å². The Morgan fingerprint density at radius 1 is 1.24 bits per heavy atom. The summed E-state index contributed by atoms with van der Waals surface area (Å²) in [5, 5.41) is 13.0. The number of nitrogens with one attached hydrogen (secondary N) is 1. The minimum absolute atomic E-state index is 0.415. The Morgan fingerprint density at radius 3 is 2.71 bits per heavy atom. The van der Waals surface area contributed by atoms with Gasteiger partial charge in [0.2, 0.25) is 0 Å². The predicted octanol–water partition coefficient (Wildman–Crippen LogP) is 1.81. The molecule has 0 spiro atoms. The first-order valence-electron chi connectivity index (χ1n) is 5.44. The molecule has 0 unspecified atom stereocenters. The zero-order valence-electron chi connectivity index (χ0n) is 9.38. The first-order valence-corrected chi connectivity index (χ1v) is 5.44. The van der Waals surface area contributed by atoms with Crippen molar-refractivity contribution in [1.29, 1.82) is 0 Å². The first kappa shape index (κ1) is 11.4. The van der Waals surface area contributed by atoms with Gasteiger partial charge in [-0.15, -0.1) is 0 Å². The maximum atomic E-state index is 9.95. The number of hydrogen-bond acceptors (Lipinski definition) is 4. The summed E-state index contributed by atoms with van der Waals surface area (Å²) >= 11 is 0. The van der Waals surface area contributed by atoms with Gasteiger partial charge in [0, 0.05) is 12.7 Å². The molecule has 0 radical (unpaired) electrons. The molecule has 0 aliphatic heterocycles. The number of nitrogen functional groups attached to an aromatic ring is 1. The standard InChI is InChI=1S/C13H15N3O/c14-11-8-15-7-6-12(11)16-9-13(17)10-4-2-1-3-5-10/h1-8,13,17H,9,14H2,(H,15,16)/t13-/m1/s1. The number of benzene rings is 1. The van der Waals surface area contributed by atoms with Gasteiger partial charge in [-0.05, 0) is 11.6 Å². The van der Waals surface area contributed by atoms with E-state index in [9.17, 15) is 5.11 Å². The Bertz CT molecular complexity index is 473. The molecule has 0 fully saturated rings. The molecule has 0 bridgehead atoms. The SMILES string of the molecule is Nc1cnccc1NC[C@@H](O)c1ccccc1. The van der Waals surface area contributed by atoms with Crippen LogP contribution in [-0.4, -0.2) is 16.6 Å². The van der Waals surface area contributed by atoms with Crippen molar-refractivity contribution in [3.63, 3.8) is 0 Å². The highest BCUT2D eigenvalue weighted by Crippen LogP contribution is 2.18. The molecule has 0 saturated carbocycles. The maximum absolute atomic E-state index is 9.95. The van der Waals surface area contributed by atoms with E-state index in [1.54, 1.807) is 18.5 Å². The topological polar surface area (TPSA) is 71.2 Å². The zero-order chi connectivity index (χ0) is 12.1. The zero-order valence-corrected chi connectivity index (χ0v) is 9.38. The van der Waals surface area contributed by atoms with E-state index in [0.29, 0.717) is 12.2 Å². The molecule has 4 heteroatoms. The second kappa shape index (κ2) is 5.32. The van der Waals surface area contributed by atoms with Gasteiger partial charge >= 0.3 is 0 Å². The van der Waals surface area contributed by atoms with Crippen LogP contribution in [0.15, 0.2) is 48.8 Å². The second-order valence-electron chi connectivity index (χ2n) is 3.77. The number of nitrogens with two attached hydrogens (primary N) is 1. The summed E-state index contributed by atoms with van der Waals surface area (Å²) in [6.07, 6.45) is 2.69. The molecule has 0 aliphatic carbocycles. The number of hydrogen-bond donors (Lipinski definition) is 3. The van der Waals surface area contributed by atoms with Gasteiger partial charge in [-0.25, -0.2) is 0 Å². The number of aliphatic hydroxyl groups is 1. The van der Waals surface area contributed by atoms with E-state index in [2.05, 4.69) is 10.3 Å². The van der Waals surface area contributed by atoms with Gasteiger partial charge in [-0.1, -0.05) is 30.3 Å². The largest absolute Gasteiger partial charge is 0.396 e. The van der Waals surface area contributed by atoms with Gasteiger partial charge in [0.25, 0.3) is 0 Å². The summed E-state index contributed by atoms with van der Waals surface area (Å²) < 4.78 is 0. The average Bonchev–Trinajstić information content (AvgIpc) is 2.38. The monoisotopic (exact) mass is 229 g/mol. The Morgan fingerprint density at radius 2 is 2.00 bits per heavy atom. The Kier molecular flexibility index (Phi) is 3.57. The summed E-state index contributed by atoms with van der Waals surface area (Å²) in [7, 11) is 0. The lowest BCUT2D eigenvalue weighted by Crippen LogP contribution is -2.13. The van der Waals surface area contributed by atoms with E-state index in [4.69, 9.17) is 5.73 Å². The maximum Gasteiger partial charge on any atom is 0.0962 e. The first-order chi connectivity index (χ1) is 8.27. The van der Waals surface area contributed by atoms with Crippen LogP contribution < -0.4 is 11.1 Å². The molecule has 88 valence electrons. The van der Waals surface area contributed by atoms with E-state index in [1.807, 2.05) is 30.3 Å². The van der Waals surface area contributed by atoms with Crippen molar-refractivity contribution in [3.05, 3.63) is 54.4 Å². The molecular formula is C13H15N3O. The van der Waals surface area contributed by atoms with Gasteiger partial charge in [0.15, 0.2) is 0 Å². The summed E-state index contributed by atoms with van der Waals surface area (Å²) in [6, 6.07) is 11.3. The molecule has 4 nitrogen and oxygen atoms in total. The van der Waals surface area contributed by atoms with Crippen molar-refractivity contribution in [2.24, 2.45) is 0 Å². The number of aliphatic hydroxyl groups excluding tert-OH is 1. The van der Waals surface area contributed by atoms with Crippen molar-refractivity contribution in [2.75, 3.05) is 17.6 Å². The lowest BCUT2D eigenvalue weighted by atomic mass is 10.1. The highest BCUT2D eigenvalue weighted by atomic mass is 16.3. The molecule has 2 aromatic rings. The summed E-state index contributed by atoms with van der Waals surface area (Å²) in [5.41, 5.74) is 7.98. The predicted molar refractivity (Wildman–Crippen MR) is 68.5 cm³/mol. The van der Waals surface area contributed by atoms with Crippen LogP contribution in [0.1, 0.15) is 11.7 Å². The van der Waals surface area contributed by atoms with Gasteiger partial charge in [0.05, 0.1) is 23.7 Å². The minimum atomic E-state index is -0.552. The van der Waals surface area contributed by atoms with Crippen LogP contribution in [-0.2, 0) is 0 Å². The average molecular weight is 229 g/mol. The molecule has 1 aromatic carbocycles. The van der Waals surface area contributed by atoms with Crippen molar-refractivity contribution in [1.82, 2.24) is 4.98 Å². The Labute approximate surface area is 100 Å². The quantitative estimate of drug-likeness (QED) is 0.747. The molecule has 0 aliphatic rings. The highest BCUT2D eigenvalue weighted by Gasteiger charge is 2.07. The minimum Gasteiger partial charge on any atom is -0.396 e. The summed E-state index contributed by atoms with van der Waals surface area (Å²) in [4.78, 5) is 3.90. The van der Waals surface area contributed by atoms with Gasteiger partial charge in [0.1, 0.15) is 0 Å². The van der Waals surface area contributed by atoms with Gasteiger partial charge in [-0.2, -0.15) is 0 Å². The third-order valence-corrected chi connectivity index (χ3v) is 2.52. The number of rotatable bonds is 4. The van der Waals surface area contributed by atoms with Crippen LogP contribution in [0.4, 0.5) is 11.4 Å². The van der Waals surface area contributed by atoms with E-state index in [-0.39, 0.29) is 0 Å². The molecule has 0 saturated heterocycles. The van der Waals surface area contributed by atoms with Gasteiger partial charge < -0.3 is 16.2 Å². The third-order valence-electron chi connectivity index (χ3n) is 2.52. The number of pyridine rings is 1. The lowest BCUT2D eigenvalue weighted by Gasteiger charge is -2.14. The van der Waals surface area contributed by atoms with Crippen LogP contribution in [0.25, 0.3) is 0 Å². The number of aromatic nitrogens is 1. The number of anilines is 2. The lowest BCUT2D eigenvalue weighted by molar-refractivity contribution is 0.191. The van der Waals surface area contributed by atoms with E-state index in [0.717, 1.165) is 11.3 Å². The van der Waals surface area contributed by atoms with Crippen LogP contribution >= 0.6 is 0 Å². The van der Waals surface area contributed by atoms with Crippen LogP contribution in [0.2, 0.25) is 0 Å². The molecule has 17 heavy (non-hydrogen) atoms. The Balaban J connectivity index is 1.97. The molecule has 2 rings (SSSR count). The fraction of sp³-hybridized carbons (Fsp3) is 0.154. The van der Waals surface area contributed by atoms with E-state index >= 15 is 0 Å². The van der Waals surface area contributed by atoms with Crippen molar-refractivity contribution >= 4 is 11.4 Å². The molecular weight excluding hydrogens is 214 g/mol. The molecule has 4 N–H and O–H groups in total. The Hall–Kier alpha value is -2.07. The summed E-state index contributed by atoms with van der Waals surface area (Å²) in [6.45, 7) is 0.415. The fourth-order valence-corrected chi connectivity index (χ4v) is 1.57. The van der Waals surface area contributed by atoms with E-state index in [1.165, 1.54) is 0 Å². The molecule has 1 aromatic heterocycles. The van der Waals surface area contributed by atoms with Crippen LogP contribution in [0.5, 0.6) is 0 Å². The fourth-order valence-electron chi connectivity index (χ4n) is 1.57. The smallest absolute Gasteiger partial charge is 0.0962 e. The highest BCUT2D eigenvalue weighted by molar-refractivity contribution is 5.64. The molecule has 1 heterocycles. The molecule has 1 atom stereocenters. The second-order valence-corrected chi connectivity index (χ2v) is 3.77.